The Morgan fingerprint density at radius 1 is 1.44 bits per heavy atom. The predicted molar refractivity (Wildman–Crippen MR) is 67.1 cm³/mol. The summed E-state index contributed by atoms with van der Waals surface area (Å²) in [7, 11) is 1.82. The Morgan fingerprint density at radius 3 is 2.78 bits per heavy atom. The number of aromatic nitrogens is 3. The Kier molecular flexibility index (Phi) is 3.62. The summed E-state index contributed by atoms with van der Waals surface area (Å²) in [5, 5.41) is 17.3. The number of hydrogen-bond acceptors (Lipinski definition) is 4. The SMILES string of the molecule is Cc1cc([C@H](C)O)ccc1OCc1cn(C)nn1. The fourth-order valence-electron chi connectivity index (χ4n) is 1.71. The van der Waals surface area contributed by atoms with E-state index < -0.39 is 6.10 Å². The van der Waals surface area contributed by atoms with Crippen molar-refractivity contribution < 1.29 is 9.84 Å². The molecule has 0 bridgehead atoms. The molecule has 0 aliphatic heterocycles. The van der Waals surface area contributed by atoms with E-state index in [1.807, 2.05) is 38.4 Å². The summed E-state index contributed by atoms with van der Waals surface area (Å²) in [6.07, 6.45) is 1.36. The van der Waals surface area contributed by atoms with Crippen molar-refractivity contribution in [3.05, 3.63) is 41.2 Å². The zero-order chi connectivity index (χ0) is 13.1. The van der Waals surface area contributed by atoms with Gasteiger partial charge in [-0.2, -0.15) is 0 Å². The monoisotopic (exact) mass is 247 g/mol. The van der Waals surface area contributed by atoms with Gasteiger partial charge in [0.1, 0.15) is 18.1 Å². The number of rotatable bonds is 4. The minimum atomic E-state index is -0.460. The number of aliphatic hydroxyl groups excluding tert-OH is 1. The van der Waals surface area contributed by atoms with Gasteiger partial charge in [-0.15, -0.1) is 5.10 Å². The van der Waals surface area contributed by atoms with Crippen LogP contribution in [0.3, 0.4) is 0 Å². The molecule has 1 aromatic carbocycles. The Hall–Kier alpha value is -1.88. The van der Waals surface area contributed by atoms with Crippen molar-refractivity contribution in [2.45, 2.75) is 26.6 Å². The molecule has 0 unspecified atom stereocenters. The number of aliphatic hydroxyl groups is 1. The van der Waals surface area contributed by atoms with Crippen molar-refractivity contribution >= 4 is 0 Å². The molecule has 0 saturated heterocycles. The first-order chi connectivity index (χ1) is 8.56. The fraction of sp³-hybridized carbons (Fsp3) is 0.385. The molecular formula is C13H17N3O2. The van der Waals surface area contributed by atoms with Crippen molar-refractivity contribution in [3.8, 4) is 5.75 Å². The van der Waals surface area contributed by atoms with E-state index in [1.54, 1.807) is 11.6 Å². The smallest absolute Gasteiger partial charge is 0.134 e. The summed E-state index contributed by atoms with van der Waals surface area (Å²) in [5.41, 5.74) is 2.67. The van der Waals surface area contributed by atoms with E-state index in [0.29, 0.717) is 6.61 Å². The molecule has 5 nitrogen and oxygen atoms in total. The van der Waals surface area contributed by atoms with Crippen molar-refractivity contribution in [2.75, 3.05) is 0 Å². The van der Waals surface area contributed by atoms with Crippen LogP contribution in [0.5, 0.6) is 5.75 Å². The first-order valence-corrected chi connectivity index (χ1v) is 5.83. The lowest BCUT2D eigenvalue weighted by Crippen LogP contribution is -1.99. The van der Waals surface area contributed by atoms with Crippen molar-refractivity contribution in [3.63, 3.8) is 0 Å². The molecule has 0 saturated carbocycles. The van der Waals surface area contributed by atoms with Crippen LogP contribution < -0.4 is 4.74 Å². The van der Waals surface area contributed by atoms with Gasteiger partial charge in [0, 0.05) is 7.05 Å². The van der Waals surface area contributed by atoms with Gasteiger partial charge in [0.25, 0.3) is 0 Å². The van der Waals surface area contributed by atoms with Crippen LogP contribution in [-0.4, -0.2) is 20.1 Å². The topological polar surface area (TPSA) is 60.2 Å². The van der Waals surface area contributed by atoms with Crippen molar-refractivity contribution in [1.29, 1.82) is 0 Å². The van der Waals surface area contributed by atoms with Crippen molar-refractivity contribution in [1.82, 2.24) is 15.0 Å². The van der Waals surface area contributed by atoms with Crippen LogP contribution in [0.4, 0.5) is 0 Å². The average molecular weight is 247 g/mol. The maximum atomic E-state index is 9.49. The standard InChI is InChI=1S/C13H17N3O2/c1-9-6-11(10(2)17)4-5-13(9)18-8-12-7-16(3)15-14-12/h4-7,10,17H,8H2,1-3H3/t10-/m0/s1. The fourth-order valence-corrected chi connectivity index (χ4v) is 1.71. The van der Waals surface area contributed by atoms with Crippen LogP contribution in [-0.2, 0) is 13.7 Å². The number of ether oxygens (including phenoxy) is 1. The predicted octanol–water partition coefficient (Wildman–Crippen LogP) is 1.76. The summed E-state index contributed by atoms with van der Waals surface area (Å²) in [4.78, 5) is 0. The first kappa shape index (κ1) is 12.6. The summed E-state index contributed by atoms with van der Waals surface area (Å²) < 4.78 is 7.31. The highest BCUT2D eigenvalue weighted by molar-refractivity contribution is 5.36. The third kappa shape index (κ3) is 2.87. The Labute approximate surface area is 106 Å². The molecule has 2 aromatic rings. The molecule has 1 heterocycles. The van der Waals surface area contributed by atoms with Crippen LogP contribution in [0.25, 0.3) is 0 Å². The molecular weight excluding hydrogens is 230 g/mol. The molecule has 0 radical (unpaired) electrons. The molecule has 2 rings (SSSR count). The molecule has 0 aliphatic carbocycles. The Bertz CT molecular complexity index is 535. The van der Waals surface area contributed by atoms with Crippen LogP contribution in [0.2, 0.25) is 0 Å². The molecule has 0 fully saturated rings. The third-order valence-corrected chi connectivity index (χ3v) is 2.71. The minimum Gasteiger partial charge on any atom is -0.487 e. The number of hydrogen-bond donors (Lipinski definition) is 1. The second-order valence-electron chi connectivity index (χ2n) is 4.37. The van der Waals surface area contributed by atoms with E-state index in [-0.39, 0.29) is 0 Å². The molecule has 18 heavy (non-hydrogen) atoms. The van der Waals surface area contributed by atoms with E-state index in [4.69, 9.17) is 4.74 Å². The summed E-state index contributed by atoms with van der Waals surface area (Å²) in [6, 6.07) is 5.66. The van der Waals surface area contributed by atoms with Gasteiger partial charge in [0.05, 0.1) is 12.3 Å². The van der Waals surface area contributed by atoms with E-state index in [2.05, 4.69) is 10.3 Å². The Morgan fingerprint density at radius 2 is 2.22 bits per heavy atom. The molecule has 1 N–H and O–H groups in total. The average Bonchev–Trinajstić information content (AvgIpc) is 2.73. The second kappa shape index (κ2) is 5.18. The van der Waals surface area contributed by atoms with Crippen molar-refractivity contribution in [2.24, 2.45) is 7.05 Å². The summed E-state index contributed by atoms with van der Waals surface area (Å²) in [6.45, 7) is 4.09. The van der Waals surface area contributed by atoms with Gasteiger partial charge in [0.2, 0.25) is 0 Å². The number of benzene rings is 1. The van der Waals surface area contributed by atoms with Gasteiger partial charge in [-0.3, -0.25) is 4.68 Å². The number of aryl methyl sites for hydroxylation is 2. The highest BCUT2D eigenvalue weighted by Crippen LogP contribution is 2.23. The molecule has 0 aliphatic rings. The van der Waals surface area contributed by atoms with Crippen LogP contribution >= 0.6 is 0 Å². The zero-order valence-electron chi connectivity index (χ0n) is 10.8. The molecule has 0 spiro atoms. The summed E-state index contributed by atoms with van der Waals surface area (Å²) >= 11 is 0. The van der Waals surface area contributed by atoms with Gasteiger partial charge in [0.15, 0.2) is 0 Å². The van der Waals surface area contributed by atoms with Gasteiger partial charge < -0.3 is 9.84 Å². The van der Waals surface area contributed by atoms with E-state index >= 15 is 0 Å². The lowest BCUT2D eigenvalue weighted by atomic mass is 10.1. The second-order valence-corrected chi connectivity index (χ2v) is 4.37. The maximum absolute atomic E-state index is 9.49. The summed E-state index contributed by atoms with van der Waals surface area (Å²) in [5.74, 6) is 0.796. The lowest BCUT2D eigenvalue weighted by Gasteiger charge is -2.11. The van der Waals surface area contributed by atoms with Crippen LogP contribution in [0, 0.1) is 6.92 Å². The van der Waals surface area contributed by atoms with Gasteiger partial charge in [-0.1, -0.05) is 11.3 Å². The normalized spacial score (nSPS) is 12.4. The minimum absolute atomic E-state index is 0.392. The number of nitrogens with zero attached hydrogens (tertiary/aromatic N) is 3. The molecule has 5 heteroatoms. The molecule has 96 valence electrons. The molecule has 1 aromatic heterocycles. The maximum Gasteiger partial charge on any atom is 0.134 e. The third-order valence-electron chi connectivity index (χ3n) is 2.71. The van der Waals surface area contributed by atoms with E-state index in [1.165, 1.54) is 0 Å². The quantitative estimate of drug-likeness (QED) is 0.894. The van der Waals surface area contributed by atoms with Gasteiger partial charge in [-0.05, 0) is 37.1 Å². The van der Waals surface area contributed by atoms with E-state index in [9.17, 15) is 5.11 Å². The largest absolute Gasteiger partial charge is 0.487 e. The first-order valence-electron chi connectivity index (χ1n) is 5.83. The highest BCUT2D eigenvalue weighted by atomic mass is 16.5. The highest BCUT2D eigenvalue weighted by Gasteiger charge is 2.06. The lowest BCUT2D eigenvalue weighted by molar-refractivity contribution is 0.199. The zero-order valence-corrected chi connectivity index (χ0v) is 10.8. The van der Waals surface area contributed by atoms with Gasteiger partial charge >= 0.3 is 0 Å². The van der Waals surface area contributed by atoms with Gasteiger partial charge in [-0.25, -0.2) is 0 Å². The Balaban J connectivity index is 2.05. The van der Waals surface area contributed by atoms with E-state index in [0.717, 1.165) is 22.6 Å². The van der Waals surface area contributed by atoms with Crippen LogP contribution in [0.1, 0.15) is 29.8 Å². The molecule has 1 atom stereocenters. The molecule has 0 amide bonds. The van der Waals surface area contributed by atoms with Crippen LogP contribution in [0.15, 0.2) is 24.4 Å².